The summed E-state index contributed by atoms with van der Waals surface area (Å²) in [6.45, 7) is 0.438. The van der Waals surface area contributed by atoms with Crippen LogP contribution in [0.15, 0.2) is 76.1 Å². The number of amides is 2. The highest BCUT2D eigenvalue weighted by Gasteiger charge is 2.35. The van der Waals surface area contributed by atoms with E-state index in [4.69, 9.17) is 9.47 Å². The fourth-order valence-electron chi connectivity index (χ4n) is 3.20. The summed E-state index contributed by atoms with van der Waals surface area (Å²) in [5.41, 5.74) is 2.36. The average Bonchev–Trinajstić information content (AvgIpc) is 3.07. The van der Waals surface area contributed by atoms with Gasteiger partial charge in [0.15, 0.2) is 11.5 Å². The van der Waals surface area contributed by atoms with Crippen molar-refractivity contribution in [1.29, 1.82) is 0 Å². The molecule has 0 N–H and O–H groups in total. The van der Waals surface area contributed by atoms with E-state index in [0.717, 1.165) is 27.4 Å². The Labute approximate surface area is 203 Å². The van der Waals surface area contributed by atoms with E-state index >= 15 is 0 Å². The van der Waals surface area contributed by atoms with Crippen molar-refractivity contribution in [3.63, 3.8) is 0 Å². The number of carbonyl (C=O) groups is 2. The molecule has 33 heavy (non-hydrogen) atoms. The maximum Gasteiger partial charge on any atom is 0.293 e. The van der Waals surface area contributed by atoms with E-state index in [1.807, 2.05) is 24.3 Å². The van der Waals surface area contributed by atoms with Crippen molar-refractivity contribution >= 4 is 44.9 Å². The summed E-state index contributed by atoms with van der Waals surface area (Å²) < 4.78 is 25.3. The third-order valence-electron chi connectivity index (χ3n) is 4.92. The monoisotopic (exact) mass is 527 g/mol. The second-order valence-corrected chi connectivity index (χ2v) is 9.13. The summed E-state index contributed by atoms with van der Waals surface area (Å²) in [6.07, 6.45) is 1.66. The minimum absolute atomic E-state index is 0.212. The van der Waals surface area contributed by atoms with Gasteiger partial charge >= 0.3 is 0 Å². The number of nitrogens with zero attached hydrogens (tertiary/aromatic N) is 1. The molecule has 0 aromatic heterocycles. The first-order chi connectivity index (χ1) is 15.9. The Kier molecular flexibility index (Phi) is 7.15. The number of hydrogen-bond donors (Lipinski definition) is 0. The predicted octanol–water partition coefficient (Wildman–Crippen LogP) is 6.41. The topological polar surface area (TPSA) is 55.8 Å². The summed E-state index contributed by atoms with van der Waals surface area (Å²) >= 11 is 4.28. The van der Waals surface area contributed by atoms with Crippen molar-refractivity contribution in [1.82, 2.24) is 4.90 Å². The van der Waals surface area contributed by atoms with Crippen LogP contribution in [-0.2, 0) is 17.9 Å². The van der Waals surface area contributed by atoms with Crippen molar-refractivity contribution in [2.45, 2.75) is 13.2 Å². The van der Waals surface area contributed by atoms with Gasteiger partial charge in [0.05, 0.1) is 18.6 Å². The summed E-state index contributed by atoms with van der Waals surface area (Å²) in [6, 6.07) is 18.8. The molecule has 4 rings (SSSR count). The van der Waals surface area contributed by atoms with Crippen LogP contribution in [0.3, 0.4) is 0 Å². The van der Waals surface area contributed by atoms with Crippen molar-refractivity contribution < 1.29 is 23.5 Å². The number of rotatable bonds is 7. The Morgan fingerprint density at radius 3 is 2.36 bits per heavy atom. The number of ether oxygens (including phenoxy) is 2. The molecule has 1 aliphatic rings. The highest BCUT2D eigenvalue weighted by atomic mass is 79.9. The minimum Gasteiger partial charge on any atom is -0.493 e. The molecule has 0 atom stereocenters. The van der Waals surface area contributed by atoms with Gasteiger partial charge < -0.3 is 9.47 Å². The number of methoxy groups -OCH3 is 1. The van der Waals surface area contributed by atoms with Gasteiger partial charge in [-0.15, -0.1) is 0 Å². The normalized spacial score (nSPS) is 14.8. The Hall–Kier alpha value is -3.10. The number of carbonyl (C=O) groups excluding carboxylic acids is 2. The molecule has 1 heterocycles. The highest BCUT2D eigenvalue weighted by Crippen LogP contribution is 2.35. The van der Waals surface area contributed by atoms with Crippen LogP contribution in [0.4, 0.5) is 9.18 Å². The van der Waals surface area contributed by atoms with Crippen LogP contribution in [0.2, 0.25) is 0 Å². The third-order valence-corrected chi connectivity index (χ3v) is 6.36. The van der Waals surface area contributed by atoms with E-state index in [1.165, 1.54) is 24.1 Å². The molecule has 8 heteroatoms. The van der Waals surface area contributed by atoms with E-state index in [0.29, 0.717) is 22.0 Å². The lowest BCUT2D eigenvalue weighted by Gasteiger charge is -2.13. The maximum atomic E-state index is 13.1. The molecule has 0 saturated carbocycles. The molecule has 1 fully saturated rings. The number of halogens is 2. The zero-order valence-electron chi connectivity index (χ0n) is 17.6. The molecule has 0 spiro atoms. The molecule has 1 aliphatic heterocycles. The Morgan fingerprint density at radius 2 is 1.67 bits per heavy atom. The fraction of sp³-hybridized carbons (Fsp3) is 0.120. The van der Waals surface area contributed by atoms with E-state index in [2.05, 4.69) is 15.9 Å². The van der Waals surface area contributed by atoms with Gasteiger partial charge in [-0.3, -0.25) is 14.5 Å². The molecular weight excluding hydrogens is 509 g/mol. The average molecular weight is 528 g/mol. The van der Waals surface area contributed by atoms with Crippen LogP contribution in [0.5, 0.6) is 11.5 Å². The van der Waals surface area contributed by atoms with Crippen LogP contribution in [-0.4, -0.2) is 23.2 Å². The molecule has 0 aliphatic carbocycles. The maximum absolute atomic E-state index is 13.1. The summed E-state index contributed by atoms with van der Waals surface area (Å²) in [4.78, 5) is 26.9. The minimum atomic E-state index is -0.336. The van der Waals surface area contributed by atoms with Crippen molar-refractivity contribution in [2.24, 2.45) is 0 Å². The molecule has 168 valence electrons. The van der Waals surface area contributed by atoms with Crippen LogP contribution in [0.25, 0.3) is 6.08 Å². The van der Waals surface area contributed by atoms with E-state index in [1.54, 1.807) is 36.4 Å². The van der Waals surface area contributed by atoms with E-state index < -0.39 is 0 Å². The molecule has 2 amide bonds. The Morgan fingerprint density at radius 1 is 0.970 bits per heavy atom. The van der Waals surface area contributed by atoms with Gasteiger partial charge in [0.25, 0.3) is 11.1 Å². The van der Waals surface area contributed by atoms with Crippen LogP contribution in [0.1, 0.15) is 16.7 Å². The van der Waals surface area contributed by atoms with Crippen molar-refractivity contribution in [2.75, 3.05) is 7.11 Å². The number of imide groups is 1. The van der Waals surface area contributed by atoms with Crippen LogP contribution < -0.4 is 9.47 Å². The van der Waals surface area contributed by atoms with Gasteiger partial charge in [-0.05, 0) is 70.9 Å². The summed E-state index contributed by atoms with van der Waals surface area (Å²) in [5, 5.41) is -0.310. The fourth-order valence-corrected chi connectivity index (χ4v) is 4.30. The Bertz CT molecular complexity index is 1210. The van der Waals surface area contributed by atoms with Gasteiger partial charge in [0, 0.05) is 4.47 Å². The first-order valence-corrected chi connectivity index (χ1v) is 11.6. The zero-order valence-corrected chi connectivity index (χ0v) is 20.0. The molecule has 0 radical (unpaired) electrons. The molecule has 3 aromatic rings. The third kappa shape index (κ3) is 5.64. The Balaban J connectivity index is 1.51. The standard InChI is InChI=1S/C25H19BrFNO4S/c1-31-21-11-6-18(12-22(21)32-15-17-4-9-20(27)10-5-17)13-23-24(29)28(25(30)33-23)14-16-2-7-19(26)8-3-16/h2-13H,14-15H2,1H3/b23-13-. The van der Waals surface area contributed by atoms with E-state index in [-0.39, 0.29) is 30.1 Å². The number of thioether (sulfide) groups is 1. The van der Waals surface area contributed by atoms with Crippen molar-refractivity contribution in [3.8, 4) is 11.5 Å². The largest absolute Gasteiger partial charge is 0.493 e. The smallest absolute Gasteiger partial charge is 0.293 e. The molecule has 1 saturated heterocycles. The molecule has 3 aromatic carbocycles. The lowest BCUT2D eigenvalue weighted by atomic mass is 10.1. The number of benzene rings is 3. The van der Waals surface area contributed by atoms with Crippen LogP contribution >= 0.6 is 27.7 Å². The first-order valence-electron chi connectivity index (χ1n) is 9.98. The van der Waals surface area contributed by atoms with E-state index in [9.17, 15) is 14.0 Å². The van der Waals surface area contributed by atoms with Crippen molar-refractivity contribution in [3.05, 3.63) is 98.6 Å². The van der Waals surface area contributed by atoms with Gasteiger partial charge in [-0.25, -0.2) is 4.39 Å². The van der Waals surface area contributed by atoms with Gasteiger partial charge in [-0.1, -0.05) is 46.3 Å². The lowest BCUT2D eigenvalue weighted by Crippen LogP contribution is -2.27. The number of hydrogen-bond acceptors (Lipinski definition) is 5. The zero-order chi connectivity index (χ0) is 23.4. The second kappa shape index (κ2) is 10.2. The van der Waals surface area contributed by atoms with Gasteiger partial charge in [0.2, 0.25) is 0 Å². The highest BCUT2D eigenvalue weighted by molar-refractivity contribution is 9.10. The molecular formula is C25H19BrFNO4S. The molecule has 0 unspecified atom stereocenters. The summed E-state index contributed by atoms with van der Waals surface area (Å²) in [7, 11) is 1.53. The van der Waals surface area contributed by atoms with Gasteiger partial charge in [0.1, 0.15) is 12.4 Å². The van der Waals surface area contributed by atoms with Crippen LogP contribution in [0, 0.1) is 5.82 Å². The first kappa shape index (κ1) is 23.1. The molecule has 5 nitrogen and oxygen atoms in total. The predicted molar refractivity (Wildman–Crippen MR) is 129 cm³/mol. The lowest BCUT2D eigenvalue weighted by molar-refractivity contribution is -0.123. The quantitative estimate of drug-likeness (QED) is 0.332. The second-order valence-electron chi connectivity index (χ2n) is 7.22. The van der Waals surface area contributed by atoms with Gasteiger partial charge in [-0.2, -0.15) is 0 Å². The summed E-state index contributed by atoms with van der Waals surface area (Å²) in [5.74, 6) is 0.354. The SMILES string of the molecule is COc1ccc(/C=C2\SC(=O)N(Cc3ccc(Br)cc3)C2=O)cc1OCc1ccc(F)cc1. The molecule has 0 bridgehead atoms.